The molecular weight excluding hydrogens is 548 g/mol. The van der Waals surface area contributed by atoms with Gasteiger partial charge in [-0.05, 0) is 60.7 Å². The highest BCUT2D eigenvalue weighted by Gasteiger charge is 2.16. The van der Waals surface area contributed by atoms with Gasteiger partial charge in [0.1, 0.15) is 49.4 Å². The lowest BCUT2D eigenvalue weighted by Gasteiger charge is -2.14. The Bertz CT molecular complexity index is 1450. The molecule has 0 spiro atoms. The van der Waals surface area contributed by atoms with E-state index >= 15 is 0 Å². The maximum Gasteiger partial charge on any atom is 0.259 e. The lowest BCUT2D eigenvalue weighted by Crippen LogP contribution is -2.17. The number of para-hydroxylation sites is 6. The van der Waals surface area contributed by atoms with E-state index in [0.717, 1.165) is 0 Å². The third-order valence-electron chi connectivity index (χ3n) is 6.34. The zero-order chi connectivity index (χ0) is 29.7. The van der Waals surface area contributed by atoms with Crippen LogP contribution in [0.3, 0.4) is 0 Å². The Morgan fingerprint density at radius 1 is 0.442 bits per heavy atom. The molecule has 0 fully saturated rings. The highest BCUT2D eigenvalue weighted by atomic mass is 16.5. The average Bonchev–Trinajstić information content (AvgIpc) is 3.03. The first-order chi connectivity index (χ1) is 21.2. The number of carbonyl (C=O) groups excluding carboxylic acids is 2. The molecule has 0 unspecified atom stereocenters. The summed E-state index contributed by atoms with van der Waals surface area (Å²) in [4.78, 5) is 26.3. The SMILES string of the molecule is O=C1Nc2ccccc2OC/C=C/COc2ccccc2NC(=O)c2ccccc2OCCOCCOc2ccccc21. The molecule has 2 amide bonds. The van der Waals surface area contributed by atoms with E-state index in [1.165, 1.54) is 0 Å². The van der Waals surface area contributed by atoms with E-state index < -0.39 is 0 Å². The van der Waals surface area contributed by atoms with Gasteiger partial charge in [-0.15, -0.1) is 0 Å². The van der Waals surface area contributed by atoms with Gasteiger partial charge >= 0.3 is 0 Å². The van der Waals surface area contributed by atoms with Crippen molar-refractivity contribution in [3.05, 3.63) is 120 Å². The molecule has 4 aromatic rings. The highest BCUT2D eigenvalue weighted by molar-refractivity contribution is 6.07. The van der Waals surface area contributed by atoms with Crippen molar-refractivity contribution in [2.45, 2.75) is 0 Å². The van der Waals surface area contributed by atoms with Crippen LogP contribution in [0.2, 0.25) is 0 Å². The van der Waals surface area contributed by atoms with Crippen LogP contribution in [0.5, 0.6) is 23.0 Å². The van der Waals surface area contributed by atoms with Crippen LogP contribution in [0.15, 0.2) is 109 Å². The van der Waals surface area contributed by atoms with Gasteiger partial charge in [0.2, 0.25) is 0 Å². The van der Waals surface area contributed by atoms with Crippen LogP contribution >= 0.6 is 0 Å². The van der Waals surface area contributed by atoms with E-state index in [9.17, 15) is 9.59 Å². The molecule has 0 radical (unpaired) electrons. The molecule has 9 heteroatoms. The molecule has 5 rings (SSSR count). The normalized spacial score (nSPS) is 15.7. The van der Waals surface area contributed by atoms with E-state index in [1.54, 1.807) is 72.8 Å². The number of anilines is 2. The van der Waals surface area contributed by atoms with Gasteiger partial charge in [-0.2, -0.15) is 0 Å². The van der Waals surface area contributed by atoms with Crippen molar-refractivity contribution in [3.63, 3.8) is 0 Å². The maximum absolute atomic E-state index is 13.2. The summed E-state index contributed by atoms with van der Waals surface area (Å²) < 4.78 is 29.2. The Hall–Kier alpha value is -5.28. The molecule has 9 nitrogen and oxygen atoms in total. The number of rotatable bonds is 0. The summed E-state index contributed by atoms with van der Waals surface area (Å²) in [7, 11) is 0. The largest absolute Gasteiger partial charge is 0.490 e. The zero-order valence-corrected chi connectivity index (χ0v) is 23.5. The number of hydrogen-bond acceptors (Lipinski definition) is 7. The minimum atomic E-state index is -0.323. The first-order valence-corrected chi connectivity index (χ1v) is 13.9. The van der Waals surface area contributed by atoms with Crippen LogP contribution in [0.25, 0.3) is 0 Å². The fourth-order valence-corrected chi connectivity index (χ4v) is 4.27. The van der Waals surface area contributed by atoms with Crippen LogP contribution in [0, 0.1) is 0 Å². The number of hydrogen-bond donors (Lipinski definition) is 2. The Kier molecular flexibility index (Phi) is 10.3. The van der Waals surface area contributed by atoms with Gasteiger partial charge in [-0.25, -0.2) is 0 Å². The summed E-state index contributed by atoms with van der Waals surface area (Å²) in [6.07, 6.45) is 3.64. The Morgan fingerprint density at radius 2 is 0.837 bits per heavy atom. The Balaban J connectivity index is 1.33. The van der Waals surface area contributed by atoms with Crippen LogP contribution in [-0.4, -0.2) is 51.5 Å². The quantitative estimate of drug-likeness (QED) is 0.246. The monoisotopic (exact) mass is 580 g/mol. The minimum Gasteiger partial charge on any atom is -0.490 e. The summed E-state index contributed by atoms with van der Waals surface area (Å²) in [6, 6.07) is 28.5. The average molecular weight is 581 g/mol. The highest BCUT2D eigenvalue weighted by Crippen LogP contribution is 2.28. The molecule has 1 heterocycles. The second-order valence-electron chi connectivity index (χ2n) is 9.30. The molecule has 2 N–H and O–H groups in total. The second-order valence-corrected chi connectivity index (χ2v) is 9.30. The van der Waals surface area contributed by atoms with E-state index in [-0.39, 0.29) is 51.5 Å². The third kappa shape index (κ3) is 8.15. The van der Waals surface area contributed by atoms with Crippen molar-refractivity contribution < 1.29 is 33.3 Å². The Labute approximate surface area is 250 Å². The van der Waals surface area contributed by atoms with Gasteiger partial charge in [-0.1, -0.05) is 48.5 Å². The van der Waals surface area contributed by atoms with Crippen LogP contribution in [0.1, 0.15) is 20.7 Å². The lowest BCUT2D eigenvalue weighted by molar-refractivity contribution is 0.0754. The fourth-order valence-electron chi connectivity index (χ4n) is 4.27. The van der Waals surface area contributed by atoms with E-state index in [0.29, 0.717) is 45.5 Å². The zero-order valence-electron chi connectivity index (χ0n) is 23.5. The van der Waals surface area contributed by atoms with Crippen molar-refractivity contribution in [1.29, 1.82) is 0 Å². The van der Waals surface area contributed by atoms with Crippen molar-refractivity contribution in [2.24, 2.45) is 0 Å². The van der Waals surface area contributed by atoms with Gasteiger partial charge in [0, 0.05) is 0 Å². The second kappa shape index (κ2) is 15.1. The van der Waals surface area contributed by atoms with E-state index in [4.69, 9.17) is 23.7 Å². The smallest absolute Gasteiger partial charge is 0.259 e. The standard InChI is InChI=1S/C34H32N2O7/c37-33-25-11-1-5-15-29(25)42-23-21-39-22-24-43-30-16-6-2-12-26(30)34(38)36-28-14-4-8-18-32(28)41-20-10-9-19-40-31-17-7-3-13-27(31)35-33/h1-18H,19-24H2,(H,35,37)(H,36,38)/b10-9+. The Morgan fingerprint density at radius 3 is 1.30 bits per heavy atom. The summed E-state index contributed by atoms with van der Waals surface area (Å²) >= 11 is 0. The maximum atomic E-state index is 13.2. The number of carbonyl (C=O) groups is 2. The molecule has 1 aliphatic rings. The minimum absolute atomic E-state index is 0.233. The number of amides is 2. The van der Waals surface area contributed by atoms with Gasteiger partial charge in [0.25, 0.3) is 11.8 Å². The molecule has 1 aliphatic heterocycles. The molecule has 0 atom stereocenters. The predicted molar refractivity (Wildman–Crippen MR) is 164 cm³/mol. The first kappa shape index (κ1) is 29.2. The van der Waals surface area contributed by atoms with Crippen LogP contribution < -0.4 is 29.6 Å². The summed E-state index contributed by atoms with van der Waals surface area (Å²) in [5.41, 5.74) is 1.84. The van der Waals surface area contributed by atoms with E-state index in [1.807, 2.05) is 36.4 Å². The van der Waals surface area contributed by atoms with Crippen LogP contribution in [0.4, 0.5) is 11.4 Å². The molecule has 0 bridgehead atoms. The molecule has 220 valence electrons. The fraction of sp³-hybridized carbons (Fsp3) is 0.176. The number of nitrogens with one attached hydrogen (secondary N) is 2. The number of benzene rings is 4. The van der Waals surface area contributed by atoms with Crippen LogP contribution in [-0.2, 0) is 4.74 Å². The molecule has 0 saturated carbocycles. The summed E-state index contributed by atoms with van der Waals surface area (Å²) in [6.45, 7) is 1.54. The topological polar surface area (TPSA) is 104 Å². The predicted octanol–water partition coefficient (Wildman–Crippen LogP) is 5.99. The van der Waals surface area contributed by atoms with Gasteiger partial charge < -0.3 is 34.3 Å². The van der Waals surface area contributed by atoms with Gasteiger partial charge in [0.05, 0.1) is 35.7 Å². The molecular formula is C34H32N2O7. The number of ether oxygens (including phenoxy) is 5. The summed E-state index contributed by atoms with van der Waals surface area (Å²) in [5, 5.41) is 5.84. The third-order valence-corrected chi connectivity index (χ3v) is 6.34. The summed E-state index contributed by atoms with van der Waals surface area (Å²) in [5.74, 6) is 1.27. The molecule has 43 heavy (non-hydrogen) atoms. The van der Waals surface area contributed by atoms with Gasteiger partial charge in [-0.3, -0.25) is 9.59 Å². The first-order valence-electron chi connectivity index (χ1n) is 13.9. The molecule has 4 aromatic carbocycles. The molecule has 0 aliphatic carbocycles. The van der Waals surface area contributed by atoms with Gasteiger partial charge in [0.15, 0.2) is 0 Å². The molecule has 0 aromatic heterocycles. The van der Waals surface area contributed by atoms with Crippen molar-refractivity contribution >= 4 is 23.2 Å². The number of fused-ring (bicyclic) bond motifs is 4. The van der Waals surface area contributed by atoms with Crippen molar-refractivity contribution in [2.75, 3.05) is 50.3 Å². The van der Waals surface area contributed by atoms with Crippen molar-refractivity contribution in [1.82, 2.24) is 0 Å². The van der Waals surface area contributed by atoms with Crippen molar-refractivity contribution in [3.8, 4) is 23.0 Å². The van der Waals surface area contributed by atoms with E-state index in [2.05, 4.69) is 10.6 Å². The molecule has 0 saturated heterocycles. The lowest BCUT2D eigenvalue weighted by atomic mass is 10.1.